The second-order valence-electron chi connectivity index (χ2n) is 10.4. The molecule has 1 atom stereocenters. The van der Waals surface area contributed by atoms with Crippen LogP contribution in [0.4, 0.5) is 32.2 Å². The van der Waals surface area contributed by atoms with Gasteiger partial charge in [-0.1, -0.05) is 0 Å². The molecule has 0 radical (unpaired) electrons. The van der Waals surface area contributed by atoms with Gasteiger partial charge in [0.1, 0.15) is 17.6 Å². The topological polar surface area (TPSA) is 107 Å². The zero-order valence-electron chi connectivity index (χ0n) is 21.2. The molecule has 2 bridgehead atoms. The Morgan fingerprint density at radius 1 is 1.13 bits per heavy atom. The molecule has 4 rings (SSSR count). The van der Waals surface area contributed by atoms with Crippen LogP contribution in [-0.4, -0.2) is 68.2 Å². The number of nitrogens with zero attached hydrogens (tertiary/aromatic N) is 3. The Balaban J connectivity index is 1.79. The molecule has 2 amide bonds. The maximum absolute atomic E-state index is 14.2. The average Bonchev–Trinajstić information content (AvgIpc) is 3.55. The van der Waals surface area contributed by atoms with Crippen molar-refractivity contribution in [3.8, 4) is 10.4 Å². The van der Waals surface area contributed by atoms with E-state index in [0.717, 1.165) is 38.8 Å². The molecule has 2 aliphatic rings. The van der Waals surface area contributed by atoms with Crippen LogP contribution in [0.1, 0.15) is 72.3 Å². The maximum Gasteiger partial charge on any atom is 0.417 e. The van der Waals surface area contributed by atoms with Crippen molar-refractivity contribution in [2.75, 3.05) is 11.9 Å². The molecule has 0 unspecified atom stereocenters. The highest BCUT2D eigenvalue weighted by Crippen LogP contribution is 2.44. The van der Waals surface area contributed by atoms with E-state index < -0.39 is 52.8 Å². The predicted molar refractivity (Wildman–Crippen MR) is 130 cm³/mol. The highest BCUT2D eigenvalue weighted by Gasteiger charge is 2.45. The van der Waals surface area contributed by atoms with Gasteiger partial charge < -0.3 is 20.6 Å². The smallest absolute Gasteiger partial charge is 0.389 e. The lowest BCUT2D eigenvalue weighted by Crippen LogP contribution is -2.38. The predicted octanol–water partition coefficient (Wildman–Crippen LogP) is 4.85. The number of thiazole rings is 1. The summed E-state index contributed by atoms with van der Waals surface area (Å²) >= 11 is 0.543. The minimum Gasteiger partial charge on any atom is -0.389 e. The van der Waals surface area contributed by atoms with Crippen molar-refractivity contribution >= 4 is 29.0 Å². The number of hydrogen-bond acceptors (Lipinski definition) is 7. The number of halogens is 6. The molecule has 4 heterocycles. The fourth-order valence-corrected chi connectivity index (χ4v) is 5.73. The van der Waals surface area contributed by atoms with Crippen LogP contribution >= 0.6 is 11.3 Å². The number of hydrogen-bond donors (Lipinski definition) is 3. The second-order valence-corrected chi connectivity index (χ2v) is 11.4. The summed E-state index contributed by atoms with van der Waals surface area (Å²) in [4.78, 5) is 35.6. The molecule has 2 saturated heterocycles. The van der Waals surface area contributed by atoms with Crippen molar-refractivity contribution in [2.24, 2.45) is 0 Å². The summed E-state index contributed by atoms with van der Waals surface area (Å²) in [5, 5.41) is 14.0. The van der Waals surface area contributed by atoms with Crippen molar-refractivity contribution in [2.45, 2.75) is 82.5 Å². The van der Waals surface area contributed by atoms with Crippen LogP contribution in [0.25, 0.3) is 10.4 Å². The monoisotopic (exact) mass is 579 g/mol. The second kappa shape index (κ2) is 10.2. The SMILES string of the molecule is C[C@H](Nc1cc(C(F)(F)F)c(-c2sc(C(=O)NCC(C)(C)O)nc2C(=O)N2[C@H]3CC[C@H]2CC3)cn1)C(F)(F)F. The summed E-state index contributed by atoms with van der Waals surface area (Å²) in [6, 6.07) is -1.89. The third-order valence-electron chi connectivity index (χ3n) is 6.70. The van der Waals surface area contributed by atoms with Crippen LogP contribution in [0.3, 0.4) is 0 Å². The summed E-state index contributed by atoms with van der Waals surface area (Å²) in [7, 11) is 0. The fraction of sp³-hybridized carbons (Fsp3) is 0.583. The minimum atomic E-state index is -5.03. The van der Waals surface area contributed by atoms with Crippen LogP contribution in [0.15, 0.2) is 12.3 Å². The van der Waals surface area contributed by atoms with E-state index in [1.165, 1.54) is 13.8 Å². The molecule has 214 valence electrons. The van der Waals surface area contributed by atoms with Gasteiger partial charge in [-0.25, -0.2) is 9.97 Å². The normalized spacial score (nSPS) is 20.3. The van der Waals surface area contributed by atoms with Gasteiger partial charge in [-0.15, -0.1) is 11.3 Å². The number of anilines is 1. The first-order valence-corrected chi connectivity index (χ1v) is 13.0. The van der Waals surface area contributed by atoms with Crippen molar-refractivity contribution < 1.29 is 41.0 Å². The molecule has 39 heavy (non-hydrogen) atoms. The number of nitrogens with one attached hydrogen (secondary N) is 2. The summed E-state index contributed by atoms with van der Waals surface area (Å²) in [5.41, 5.74) is -3.56. The molecule has 15 heteroatoms. The van der Waals surface area contributed by atoms with Crippen LogP contribution in [0.5, 0.6) is 0 Å². The standard InChI is InChI=1S/C24H27F6N5O3S/c1-11(23(25,26)27)33-16-8-15(24(28,29)30)14(9-31-16)18-17(21(37)35-12-4-5-13(35)7-6-12)34-20(39-18)19(36)32-10-22(2,3)38/h8-9,11-13,38H,4-7,10H2,1-3H3,(H,31,33)(H,32,36)/t11-,12-,13-/m0/s1. The first-order valence-electron chi connectivity index (χ1n) is 12.2. The van der Waals surface area contributed by atoms with E-state index in [9.17, 15) is 41.0 Å². The Bertz CT molecular complexity index is 1240. The van der Waals surface area contributed by atoms with Gasteiger partial charge in [-0.3, -0.25) is 9.59 Å². The summed E-state index contributed by atoms with van der Waals surface area (Å²) in [6.07, 6.45) is -6.02. The zero-order chi connectivity index (χ0) is 28.9. The minimum absolute atomic E-state index is 0.0832. The number of amides is 2. The molecular formula is C24H27F6N5O3S. The summed E-state index contributed by atoms with van der Waals surface area (Å²) < 4.78 is 81.4. The Labute approximate surface area is 223 Å². The Morgan fingerprint density at radius 2 is 1.72 bits per heavy atom. The molecule has 3 N–H and O–H groups in total. The van der Waals surface area contributed by atoms with E-state index in [0.29, 0.717) is 17.4 Å². The van der Waals surface area contributed by atoms with Gasteiger partial charge in [0.2, 0.25) is 0 Å². The van der Waals surface area contributed by atoms with Gasteiger partial charge in [0.25, 0.3) is 11.8 Å². The highest BCUT2D eigenvalue weighted by atomic mass is 32.1. The first-order chi connectivity index (χ1) is 18.0. The number of carbonyl (C=O) groups is 2. The number of fused-ring (bicyclic) bond motifs is 2. The molecule has 2 aromatic rings. The van der Waals surface area contributed by atoms with Gasteiger partial charge in [-0.2, -0.15) is 26.3 Å². The van der Waals surface area contributed by atoms with Crippen molar-refractivity contribution in [1.82, 2.24) is 20.2 Å². The van der Waals surface area contributed by atoms with E-state index in [4.69, 9.17) is 0 Å². The van der Waals surface area contributed by atoms with Crippen LogP contribution in [0.2, 0.25) is 0 Å². The molecule has 0 aliphatic carbocycles. The molecule has 2 aromatic heterocycles. The van der Waals surface area contributed by atoms with Gasteiger partial charge >= 0.3 is 12.4 Å². The molecule has 0 spiro atoms. The molecule has 2 aliphatic heterocycles. The van der Waals surface area contributed by atoms with Gasteiger partial charge in [0.05, 0.1) is 16.0 Å². The summed E-state index contributed by atoms with van der Waals surface area (Å²) in [5.74, 6) is -2.08. The highest BCUT2D eigenvalue weighted by molar-refractivity contribution is 7.17. The molecule has 0 saturated carbocycles. The number of rotatable bonds is 7. The Hall–Kier alpha value is -2.94. The lowest BCUT2D eigenvalue weighted by molar-refractivity contribution is -0.138. The van der Waals surface area contributed by atoms with Gasteiger partial charge in [-0.05, 0) is 52.5 Å². The quantitative estimate of drug-likeness (QED) is 0.405. The lowest BCUT2D eigenvalue weighted by Gasteiger charge is -2.22. The molecule has 0 aromatic carbocycles. The number of alkyl halides is 6. The number of pyridine rings is 1. The van der Waals surface area contributed by atoms with E-state index in [2.05, 4.69) is 15.3 Å². The van der Waals surface area contributed by atoms with Gasteiger partial charge in [0, 0.05) is 30.4 Å². The van der Waals surface area contributed by atoms with Crippen LogP contribution in [0, 0.1) is 0 Å². The van der Waals surface area contributed by atoms with Crippen molar-refractivity contribution in [3.05, 3.63) is 28.5 Å². The molecule has 8 nitrogen and oxygen atoms in total. The third-order valence-corrected chi connectivity index (χ3v) is 7.79. The van der Waals surface area contributed by atoms with E-state index in [-0.39, 0.29) is 34.2 Å². The largest absolute Gasteiger partial charge is 0.417 e. The number of aliphatic hydroxyl groups is 1. The van der Waals surface area contributed by atoms with E-state index in [1.54, 1.807) is 4.90 Å². The number of aromatic nitrogens is 2. The van der Waals surface area contributed by atoms with Crippen molar-refractivity contribution in [1.29, 1.82) is 0 Å². The Kier molecular flexibility index (Phi) is 7.62. The lowest BCUT2D eigenvalue weighted by atomic mass is 10.0. The van der Waals surface area contributed by atoms with Crippen LogP contribution < -0.4 is 10.6 Å². The summed E-state index contributed by atoms with van der Waals surface area (Å²) in [6.45, 7) is 3.43. The van der Waals surface area contributed by atoms with Crippen molar-refractivity contribution in [3.63, 3.8) is 0 Å². The zero-order valence-corrected chi connectivity index (χ0v) is 22.0. The fourth-order valence-electron chi connectivity index (χ4n) is 4.74. The Morgan fingerprint density at radius 3 is 2.23 bits per heavy atom. The van der Waals surface area contributed by atoms with E-state index >= 15 is 0 Å². The number of carbonyl (C=O) groups excluding carboxylic acids is 2. The maximum atomic E-state index is 14.2. The first kappa shape index (κ1) is 29.1. The molecular weight excluding hydrogens is 552 g/mol. The van der Waals surface area contributed by atoms with E-state index in [1.807, 2.05) is 5.32 Å². The third kappa shape index (κ3) is 6.29. The van der Waals surface area contributed by atoms with Crippen LogP contribution in [-0.2, 0) is 6.18 Å². The van der Waals surface area contributed by atoms with Gasteiger partial charge in [0.15, 0.2) is 5.01 Å². The average molecular weight is 580 g/mol. The molecule has 2 fully saturated rings.